The molecule has 0 saturated carbocycles. The van der Waals surface area contributed by atoms with Gasteiger partial charge in [0, 0.05) is 31.5 Å². The molecule has 5 heteroatoms. The number of hydrogen-bond acceptors (Lipinski definition) is 4. The van der Waals surface area contributed by atoms with Gasteiger partial charge in [-0.25, -0.2) is 9.97 Å². The number of aryl methyl sites for hydroxylation is 1. The van der Waals surface area contributed by atoms with Crippen LogP contribution in [-0.4, -0.2) is 41.1 Å². The van der Waals surface area contributed by atoms with Crippen LogP contribution >= 0.6 is 0 Å². The molecule has 2 aromatic heterocycles. The van der Waals surface area contributed by atoms with E-state index in [9.17, 15) is 0 Å². The fraction of sp³-hybridized carbons (Fsp3) is 0.429. The number of rotatable bonds is 2. The van der Waals surface area contributed by atoms with Crippen molar-refractivity contribution >= 4 is 5.82 Å². The molecule has 0 aliphatic carbocycles. The molecule has 0 amide bonds. The van der Waals surface area contributed by atoms with Crippen LogP contribution in [0.3, 0.4) is 0 Å². The first-order chi connectivity index (χ1) is 9.33. The van der Waals surface area contributed by atoms with Crippen molar-refractivity contribution in [1.82, 2.24) is 20.3 Å². The molecule has 0 aromatic carbocycles. The minimum absolute atomic E-state index is 0.840. The summed E-state index contributed by atoms with van der Waals surface area (Å²) in [6.07, 6.45) is 2.99. The summed E-state index contributed by atoms with van der Waals surface area (Å²) in [6, 6.07) is 6.12. The number of imidazole rings is 1. The van der Waals surface area contributed by atoms with Crippen LogP contribution in [0, 0.1) is 6.92 Å². The highest BCUT2D eigenvalue weighted by atomic mass is 15.2. The number of hydrogen-bond donors (Lipinski definition) is 2. The number of nitrogens with zero attached hydrogens (tertiary/aromatic N) is 3. The predicted molar refractivity (Wildman–Crippen MR) is 76.3 cm³/mol. The topological polar surface area (TPSA) is 56.8 Å². The number of pyridine rings is 1. The standard InChI is InChI=1S/C14H19N5/c1-11-10-16-14(17-11)12-4-2-5-13(18-12)19-8-3-6-15-7-9-19/h2,4-5,10,15H,3,6-9H2,1H3,(H,16,17). The summed E-state index contributed by atoms with van der Waals surface area (Å²) in [7, 11) is 0. The summed E-state index contributed by atoms with van der Waals surface area (Å²) in [5.74, 6) is 1.88. The van der Waals surface area contributed by atoms with E-state index in [0.29, 0.717) is 0 Å². The summed E-state index contributed by atoms with van der Waals surface area (Å²) >= 11 is 0. The van der Waals surface area contributed by atoms with Gasteiger partial charge in [0.1, 0.15) is 11.5 Å². The lowest BCUT2D eigenvalue weighted by Crippen LogP contribution is -2.28. The number of aromatic amines is 1. The largest absolute Gasteiger partial charge is 0.355 e. The van der Waals surface area contributed by atoms with Crippen molar-refractivity contribution in [2.24, 2.45) is 0 Å². The van der Waals surface area contributed by atoms with Gasteiger partial charge in [-0.3, -0.25) is 0 Å². The zero-order valence-electron chi connectivity index (χ0n) is 11.2. The Hall–Kier alpha value is -1.88. The lowest BCUT2D eigenvalue weighted by atomic mass is 10.3. The summed E-state index contributed by atoms with van der Waals surface area (Å²) in [4.78, 5) is 14.6. The summed E-state index contributed by atoms with van der Waals surface area (Å²) in [5, 5.41) is 3.41. The molecular formula is C14H19N5. The van der Waals surface area contributed by atoms with Crippen LogP contribution in [-0.2, 0) is 0 Å². The quantitative estimate of drug-likeness (QED) is 0.857. The number of H-pyrrole nitrogens is 1. The maximum atomic E-state index is 4.73. The van der Waals surface area contributed by atoms with E-state index in [1.807, 2.05) is 25.3 Å². The van der Waals surface area contributed by atoms with Crippen molar-refractivity contribution in [3.05, 3.63) is 30.1 Å². The Labute approximate surface area is 113 Å². The molecule has 1 aliphatic heterocycles. The second kappa shape index (κ2) is 5.40. The highest BCUT2D eigenvalue weighted by molar-refractivity contribution is 5.54. The van der Waals surface area contributed by atoms with Crippen molar-refractivity contribution in [2.45, 2.75) is 13.3 Å². The minimum atomic E-state index is 0.840. The first-order valence-corrected chi connectivity index (χ1v) is 6.77. The maximum Gasteiger partial charge on any atom is 0.156 e. The van der Waals surface area contributed by atoms with E-state index >= 15 is 0 Å². The normalized spacial score (nSPS) is 16.4. The average Bonchev–Trinajstić information content (AvgIpc) is 2.71. The van der Waals surface area contributed by atoms with Crippen molar-refractivity contribution < 1.29 is 0 Å². The van der Waals surface area contributed by atoms with Gasteiger partial charge >= 0.3 is 0 Å². The van der Waals surface area contributed by atoms with E-state index in [0.717, 1.165) is 55.6 Å². The molecule has 100 valence electrons. The molecule has 3 rings (SSSR count). The Kier molecular flexibility index (Phi) is 3.46. The van der Waals surface area contributed by atoms with Crippen LogP contribution in [0.5, 0.6) is 0 Å². The number of aromatic nitrogens is 3. The predicted octanol–water partition coefficient (Wildman–Crippen LogP) is 1.58. The third kappa shape index (κ3) is 2.76. The summed E-state index contributed by atoms with van der Waals surface area (Å²) < 4.78 is 0. The Balaban J connectivity index is 1.86. The molecule has 1 aliphatic rings. The van der Waals surface area contributed by atoms with Crippen molar-refractivity contribution in [3.8, 4) is 11.5 Å². The summed E-state index contributed by atoms with van der Waals surface area (Å²) in [5.41, 5.74) is 1.96. The van der Waals surface area contributed by atoms with Gasteiger partial charge in [0.2, 0.25) is 0 Å². The lowest BCUT2D eigenvalue weighted by molar-refractivity contribution is 0.724. The van der Waals surface area contributed by atoms with E-state index in [4.69, 9.17) is 4.98 Å². The van der Waals surface area contributed by atoms with Gasteiger partial charge < -0.3 is 15.2 Å². The molecule has 2 N–H and O–H groups in total. The van der Waals surface area contributed by atoms with E-state index in [2.05, 4.69) is 26.3 Å². The van der Waals surface area contributed by atoms with E-state index < -0.39 is 0 Å². The fourth-order valence-electron chi connectivity index (χ4n) is 2.35. The van der Waals surface area contributed by atoms with Gasteiger partial charge in [0.05, 0.1) is 0 Å². The highest BCUT2D eigenvalue weighted by Crippen LogP contribution is 2.18. The van der Waals surface area contributed by atoms with Crippen molar-refractivity contribution in [3.63, 3.8) is 0 Å². The zero-order valence-corrected chi connectivity index (χ0v) is 11.2. The molecule has 19 heavy (non-hydrogen) atoms. The van der Waals surface area contributed by atoms with E-state index in [-0.39, 0.29) is 0 Å². The Morgan fingerprint density at radius 3 is 3.00 bits per heavy atom. The van der Waals surface area contributed by atoms with Crippen LogP contribution in [0.2, 0.25) is 0 Å². The third-order valence-electron chi connectivity index (χ3n) is 3.34. The second-order valence-electron chi connectivity index (χ2n) is 4.89. The molecule has 2 aromatic rings. The molecule has 0 atom stereocenters. The SMILES string of the molecule is Cc1cnc(-c2cccc(N3CCCNCC3)n2)[nH]1. The molecule has 0 bridgehead atoms. The fourth-order valence-corrected chi connectivity index (χ4v) is 2.35. The number of nitrogens with one attached hydrogen (secondary N) is 2. The Morgan fingerprint density at radius 2 is 2.16 bits per heavy atom. The number of anilines is 1. The molecule has 0 spiro atoms. The van der Waals surface area contributed by atoms with Crippen LogP contribution in [0.25, 0.3) is 11.5 Å². The van der Waals surface area contributed by atoms with Gasteiger partial charge in [0.25, 0.3) is 0 Å². The van der Waals surface area contributed by atoms with Gasteiger partial charge in [-0.2, -0.15) is 0 Å². The smallest absolute Gasteiger partial charge is 0.156 e. The molecule has 1 saturated heterocycles. The van der Waals surface area contributed by atoms with Gasteiger partial charge in [-0.1, -0.05) is 6.07 Å². The van der Waals surface area contributed by atoms with Gasteiger partial charge in [-0.15, -0.1) is 0 Å². The molecule has 0 radical (unpaired) electrons. The van der Waals surface area contributed by atoms with Crippen LogP contribution in [0.15, 0.2) is 24.4 Å². The average molecular weight is 257 g/mol. The first-order valence-electron chi connectivity index (χ1n) is 6.77. The molecule has 5 nitrogen and oxygen atoms in total. The zero-order chi connectivity index (χ0) is 13.1. The van der Waals surface area contributed by atoms with Crippen LogP contribution in [0.1, 0.15) is 12.1 Å². The van der Waals surface area contributed by atoms with E-state index in [1.54, 1.807) is 0 Å². The van der Waals surface area contributed by atoms with Crippen LogP contribution in [0.4, 0.5) is 5.82 Å². The molecule has 1 fully saturated rings. The van der Waals surface area contributed by atoms with E-state index in [1.165, 1.54) is 0 Å². The maximum absolute atomic E-state index is 4.73. The van der Waals surface area contributed by atoms with Crippen molar-refractivity contribution in [2.75, 3.05) is 31.1 Å². The summed E-state index contributed by atoms with van der Waals surface area (Å²) in [6.45, 7) is 6.18. The molecular weight excluding hydrogens is 238 g/mol. The Morgan fingerprint density at radius 1 is 1.21 bits per heavy atom. The van der Waals surface area contributed by atoms with Crippen molar-refractivity contribution in [1.29, 1.82) is 0 Å². The monoisotopic (exact) mass is 257 g/mol. The van der Waals surface area contributed by atoms with Gasteiger partial charge in [-0.05, 0) is 32.0 Å². The molecule has 0 unspecified atom stereocenters. The minimum Gasteiger partial charge on any atom is -0.355 e. The van der Waals surface area contributed by atoms with Crippen LogP contribution < -0.4 is 10.2 Å². The first kappa shape index (κ1) is 12.2. The lowest BCUT2D eigenvalue weighted by Gasteiger charge is -2.21. The van der Waals surface area contributed by atoms with Gasteiger partial charge in [0.15, 0.2) is 5.82 Å². The highest BCUT2D eigenvalue weighted by Gasteiger charge is 2.12. The third-order valence-corrected chi connectivity index (χ3v) is 3.34. The second-order valence-corrected chi connectivity index (χ2v) is 4.89. The molecule has 3 heterocycles. The Bertz CT molecular complexity index is 540.